The molecule has 4 rings (SSSR count). The zero-order valence-electron chi connectivity index (χ0n) is 18.0. The van der Waals surface area contributed by atoms with E-state index in [1.807, 2.05) is 47.6 Å². The second-order valence-electron chi connectivity index (χ2n) is 7.88. The summed E-state index contributed by atoms with van der Waals surface area (Å²) in [4.78, 5) is 13.7. The minimum absolute atomic E-state index is 0.192. The Morgan fingerprint density at radius 3 is 2.31 bits per heavy atom. The molecule has 1 heterocycles. The Kier molecular flexibility index (Phi) is 6.79. The second-order valence-corrected chi connectivity index (χ2v) is 9.37. The number of hydrogen-bond donors (Lipinski definition) is 1. The minimum atomic E-state index is -1.16. The van der Waals surface area contributed by atoms with Crippen molar-refractivity contribution < 1.29 is 9.00 Å². The van der Waals surface area contributed by atoms with E-state index in [4.69, 9.17) is 5.26 Å². The summed E-state index contributed by atoms with van der Waals surface area (Å²) in [6, 6.07) is 22.3. The molecular weight excluding hydrogens is 418 g/mol. The van der Waals surface area contributed by atoms with E-state index in [1.54, 1.807) is 30.3 Å². The minimum Gasteiger partial charge on any atom is -0.322 e. The number of anilines is 1. The van der Waals surface area contributed by atoms with E-state index in [-0.39, 0.29) is 5.91 Å². The van der Waals surface area contributed by atoms with Crippen LogP contribution in [0, 0.1) is 18.3 Å². The maximum atomic E-state index is 13.0. The molecule has 32 heavy (non-hydrogen) atoms. The number of benzene rings is 3. The second kappa shape index (κ2) is 9.90. The summed E-state index contributed by atoms with van der Waals surface area (Å²) in [5, 5.41) is 11.9. The topological polar surface area (TPSA) is 73.2 Å². The molecule has 1 unspecified atom stereocenters. The van der Waals surface area contributed by atoms with Crippen molar-refractivity contribution in [1.82, 2.24) is 4.31 Å². The van der Waals surface area contributed by atoms with Crippen LogP contribution in [-0.2, 0) is 11.0 Å². The first kappa shape index (κ1) is 21.9. The molecule has 0 spiro atoms. The lowest BCUT2D eigenvalue weighted by molar-refractivity contribution is 0.102. The Morgan fingerprint density at radius 1 is 0.969 bits per heavy atom. The Labute approximate surface area is 191 Å². The van der Waals surface area contributed by atoms with E-state index in [0.29, 0.717) is 16.8 Å². The first-order chi connectivity index (χ1) is 15.6. The first-order valence-electron chi connectivity index (χ1n) is 10.8. The summed E-state index contributed by atoms with van der Waals surface area (Å²) in [5.41, 5.74) is 4.64. The fourth-order valence-electron chi connectivity index (χ4n) is 3.95. The van der Waals surface area contributed by atoms with Crippen molar-refractivity contribution in [2.24, 2.45) is 0 Å². The summed E-state index contributed by atoms with van der Waals surface area (Å²) in [5.74, 6) is -0.192. The van der Waals surface area contributed by atoms with Crippen LogP contribution in [0.4, 0.5) is 5.69 Å². The molecule has 1 saturated heterocycles. The Hall–Kier alpha value is -3.27. The summed E-state index contributed by atoms with van der Waals surface area (Å²) in [7, 11) is -1.16. The quantitative estimate of drug-likeness (QED) is 0.582. The van der Waals surface area contributed by atoms with Crippen LogP contribution in [-0.4, -0.2) is 27.5 Å². The molecule has 1 aliphatic heterocycles. The highest BCUT2D eigenvalue weighted by Crippen LogP contribution is 2.27. The van der Waals surface area contributed by atoms with E-state index < -0.39 is 11.0 Å². The molecule has 0 aromatic heterocycles. The van der Waals surface area contributed by atoms with Crippen LogP contribution in [0.3, 0.4) is 0 Å². The van der Waals surface area contributed by atoms with Gasteiger partial charge in [0.25, 0.3) is 5.91 Å². The highest BCUT2D eigenvalue weighted by Gasteiger charge is 2.18. The third kappa shape index (κ3) is 4.80. The van der Waals surface area contributed by atoms with Crippen molar-refractivity contribution >= 4 is 22.6 Å². The van der Waals surface area contributed by atoms with Crippen LogP contribution in [0.2, 0.25) is 0 Å². The van der Waals surface area contributed by atoms with Gasteiger partial charge in [-0.2, -0.15) is 5.26 Å². The van der Waals surface area contributed by atoms with Crippen LogP contribution < -0.4 is 5.32 Å². The summed E-state index contributed by atoms with van der Waals surface area (Å²) >= 11 is 0. The fourth-order valence-corrected chi connectivity index (χ4v) is 5.21. The molecule has 1 fully saturated rings. The number of amides is 1. The van der Waals surface area contributed by atoms with Gasteiger partial charge in [-0.25, -0.2) is 8.51 Å². The van der Waals surface area contributed by atoms with Crippen molar-refractivity contribution in [2.45, 2.75) is 31.1 Å². The lowest BCUT2D eigenvalue weighted by atomic mass is 9.95. The number of nitrogens with one attached hydrogen (secondary N) is 1. The molecule has 3 aromatic rings. The molecule has 0 aliphatic carbocycles. The van der Waals surface area contributed by atoms with Gasteiger partial charge < -0.3 is 5.32 Å². The predicted molar refractivity (Wildman–Crippen MR) is 128 cm³/mol. The summed E-state index contributed by atoms with van der Waals surface area (Å²) in [6.45, 7) is 3.65. The average Bonchev–Trinajstić information content (AvgIpc) is 2.85. The molecule has 162 valence electrons. The molecule has 1 amide bonds. The van der Waals surface area contributed by atoms with E-state index in [0.717, 1.165) is 47.5 Å². The van der Waals surface area contributed by atoms with Crippen LogP contribution in [0.25, 0.3) is 11.1 Å². The zero-order chi connectivity index (χ0) is 22.5. The maximum Gasteiger partial charge on any atom is 0.255 e. The molecule has 1 atom stereocenters. The Bertz CT molecular complexity index is 1180. The molecule has 0 bridgehead atoms. The standard InChI is InChI=1S/C26H25N3O2S/c1-19-24(21-10-8-20(18-27)9-11-21)6-5-7-25(19)26(30)28-22-12-14-23(15-13-22)32(31)29-16-3-2-4-17-29/h5-15H,2-4,16-17H2,1H3,(H,28,30). The molecule has 6 heteroatoms. The van der Waals surface area contributed by atoms with Gasteiger partial charge >= 0.3 is 0 Å². The molecule has 5 nitrogen and oxygen atoms in total. The smallest absolute Gasteiger partial charge is 0.255 e. The van der Waals surface area contributed by atoms with Gasteiger partial charge in [-0.3, -0.25) is 4.79 Å². The molecular formula is C26H25N3O2S. The van der Waals surface area contributed by atoms with Crippen molar-refractivity contribution in [3.05, 3.63) is 83.4 Å². The number of rotatable bonds is 5. The van der Waals surface area contributed by atoms with Crippen LogP contribution in [0.15, 0.2) is 71.6 Å². The monoisotopic (exact) mass is 443 g/mol. The SMILES string of the molecule is Cc1c(C(=O)Nc2ccc(S(=O)N3CCCCC3)cc2)cccc1-c1ccc(C#N)cc1. The van der Waals surface area contributed by atoms with Crippen LogP contribution in [0.1, 0.15) is 40.7 Å². The van der Waals surface area contributed by atoms with Gasteiger partial charge in [-0.1, -0.05) is 30.7 Å². The first-order valence-corrected chi connectivity index (χ1v) is 11.9. The molecule has 3 aromatic carbocycles. The average molecular weight is 444 g/mol. The van der Waals surface area contributed by atoms with Crippen molar-refractivity contribution in [1.29, 1.82) is 5.26 Å². The number of carbonyl (C=O) groups excluding carboxylic acids is 1. The number of hydrogen-bond acceptors (Lipinski definition) is 3. The molecule has 0 radical (unpaired) electrons. The zero-order valence-corrected chi connectivity index (χ0v) is 18.8. The highest BCUT2D eigenvalue weighted by molar-refractivity contribution is 7.82. The molecule has 1 N–H and O–H groups in total. The van der Waals surface area contributed by atoms with E-state index in [2.05, 4.69) is 11.4 Å². The number of piperidine rings is 1. The van der Waals surface area contributed by atoms with Crippen molar-refractivity contribution in [3.8, 4) is 17.2 Å². The van der Waals surface area contributed by atoms with E-state index in [9.17, 15) is 9.00 Å². The van der Waals surface area contributed by atoms with Crippen LogP contribution in [0.5, 0.6) is 0 Å². The van der Waals surface area contributed by atoms with Gasteiger partial charge in [0.2, 0.25) is 0 Å². The maximum absolute atomic E-state index is 13.0. The fraction of sp³-hybridized carbons (Fsp3) is 0.231. The normalized spacial score (nSPS) is 15.0. The highest BCUT2D eigenvalue weighted by atomic mass is 32.2. The van der Waals surface area contributed by atoms with Gasteiger partial charge in [0, 0.05) is 24.3 Å². The number of carbonyl (C=O) groups is 1. The largest absolute Gasteiger partial charge is 0.322 e. The predicted octanol–water partition coefficient (Wildman–Crippen LogP) is 5.29. The van der Waals surface area contributed by atoms with E-state index in [1.165, 1.54) is 6.42 Å². The lowest BCUT2D eigenvalue weighted by Gasteiger charge is -2.25. The van der Waals surface area contributed by atoms with Gasteiger partial charge in [0.05, 0.1) is 16.5 Å². The number of nitriles is 1. The summed E-state index contributed by atoms with van der Waals surface area (Å²) < 4.78 is 14.8. The summed E-state index contributed by atoms with van der Waals surface area (Å²) in [6.07, 6.45) is 3.37. The van der Waals surface area contributed by atoms with Gasteiger partial charge in [0.15, 0.2) is 0 Å². The lowest BCUT2D eigenvalue weighted by Crippen LogP contribution is -2.31. The third-order valence-corrected chi connectivity index (χ3v) is 7.28. The van der Waals surface area contributed by atoms with E-state index >= 15 is 0 Å². The van der Waals surface area contributed by atoms with Crippen molar-refractivity contribution in [2.75, 3.05) is 18.4 Å². The van der Waals surface area contributed by atoms with Gasteiger partial charge in [-0.05, 0) is 78.9 Å². The van der Waals surface area contributed by atoms with Gasteiger partial charge in [-0.15, -0.1) is 0 Å². The third-order valence-electron chi connectivity index (χ3n) is 5.77. The van der Waals surface area contributed by atoms with Gasteiger partial charge in [0.1, 0.15) is 11.0 Å². The Balaban J connectivity index is 1.49. The molecule has 1 aliphatic rings. The molecule has 0 saturated carbocycles. The van der Waals surface area contributed by atoms with Crippen LogP contribution >= 0.6 is 0 Å². The Morgan fingerprint density at radius 2 is 1.66 bits per heavy atom. The number of nitrogens with zero attached hydrogens (tertiary/aromatic N) is 2. The van der Waals surface area contributed by atoms with Crippen molar-refractivity contribution in [3.63, 3.8) is 0 Å².